The van der Waals surface area contributed by atoms with Crippen LogP contribution < -0.4 is 0 Å². The molecule has 1 N–H and O–H groups in total. The van der Waals surface area contributed by atoms with E-state index in [1.807, 2.05) is 14.0 Å². The van der Waals surface area contributed by atoms with Crippen LogP contribution in [0, 0.1) is 13.8 Å². The Morgan fingerprint density at radius 3 is 2.76 bits per heavy atom. The molecule has 0 aliphatic carbocycles. The Balaban J connectivity index is 1.65. The third-order valence-electron chi connectivity index (χ3n) is 4.79. The van der Waals surface area contributed by atoms with Gasteiger partial charge in [-0.15, -0.1) is 0 Å². The zero-order valence-electron chi connectivity index (χ0n) is 13.1. The highest BCUT2D eigenvalue weighted by Gasteiger charge is 2.44. The molecule has 2 aliphatic rings. The first-order valence-corrected chi connectivity index (χ1v) is 7.66. The van der Waals surface area contributed by atoms with E-state index in [-0.39, 0.29) is 11.7 Å². The normalized spacial score (nSPS) is 27.2. The molecule has 2 aliphatic heterocycles. The van der Waals surface area contributed by atoms with Crippen LogP contribution in [0.3, 0.4) is 0 Å². The first-order chi connectivity index (χ1) is 9.99. The Morgan fingerprint density at radius 2 is 2.14 bits per heavy atom. The molecule has 2 saturated heterocycles. The number of aromatic amines is 1. The van der Waals surface area contributed by atoms with Crippen LogP contribution in [0.1, 0.15) is 36.2 Å². The van der Waals surface area contributed by atoms with Crippen molar-refractivity contribution in [3.63, 3.8) is 0 Å². The summed E-state index contributed by atoms with van der Waals surface area (Å²) in [5, 5.41) is 7.32. The van der Waals surface area contributed by atoms with E-state index in [0.717, 1.165) is 56.8 Å². The van der Waals surface area contributed by atoms with Gasteiger partial charge in [-0.25, -0.2) is 4.79 Å². The second kappa shape index (κ2) is 5.33. The van der Waals surface area contributed by atoms with Crippen molar-refractivity contribution in [1.82, 2.24) is 20.0 Å². The summed E-state index contributed by atoms with van der Waals surface area (Å²) in [7, 11) is 1.82. The average molecular weight is 292 g/mol. The molecule has 2 fully saturated rings. The number of likely N-dealkylation sites (N-methyl/N-ethyl adjacent to an activating group) is 1. The lowest BCUT2D eigenvalue weighted by Gasteiger charge is -2.25. The Morgan fingerprint density at radius 1 is 1.33 bits per heavy atom. The molecular formula is C15H24N4O2. The van der Waals surface area contributed by atoms with Crippen LogP contribution in [-0.4, -0.2) is 58.4 Å². The number of carbonyl (C=O) groups excluding carboxylic acids is 1. The second-order valence-electron chi connectivity index (χ2n) is 6.45. The molecular weight excluding hydrogens is 268 g/mol. The minimum absolute atomic E-state index is 0.176. The van der Waals surface area contributed by atoms with Gasteiger partial charge in [-0.3, -0.25) is 10.00 Å². The van der Waals surface area contributed by atoms with E-state index in [1.165, 1.54) is 5.56 Å². The quantitative estimate of drug-likeness (QED) is 0.903. The maximum absolute atomic E-state index is 11.7. The maximum atomic E-state index is 11.7. The number of aryl methyl sites for hydroxylation is 2. The van der Waals surface area contributed by atoms with Crippen LogP contribution in [0.2, 0.25) is 0 Å². The summed E-state index contributed by atoms with van der Waals surface area (Å²) in [4.78, 5) is 15.8. The first-order valence-electron chi connectivity index (χ1n) is 7.66. The van der Waals surface area contributed by atoms with Crippen LogP contribution in [0.5, 0.6) is 0 Å². The molecule has 0 aromatic carbocycles. The van der Waals surface area contributed by atoms with E-state index in [9.17, 15) is 4.79 Å². The largest absolute Gasteiger partial charge is 0.441 e. The molecule has 1 spiro atoms. The topological polar surface area (TPSA) is 61.5 Å². The van der Waals surface area contributed by atoms with Gasteiger partial charge in [0.1, 0.15) is 5.60 Å². The predicted octanol–water partition coefficient (Wildman–Crippen LogP) is 1.83. The highest BCUT2D eigenvalue weighted by Crippen LogP contribution is 2.33. The fourth-order valence-electron chi connectivity index (χ4n) is 3.46. The van der Waals surface area contributed by atoms with Crippen LogP contribution >= 0.6 is 0 Å². The molecule has 1 amide bonds. The Bertz CT molecular complexity index is 522. The van der Waals surface area contributed by atoms with Gasteiger partial charge in [0.15, 0.2) is 0 Å². The fraction of sp³-hybridized carbons (Fsp3) is 0.733. The van der Waals surface area contributed by atoms with Crippen molar-refractivity contribution in [2.45, 2.75) is 45.3 Å². The Hall–Kier alpha value is -1.56. The lowest BCUT2D eigenvalue weighted by atomic mass is 9.95. The van der Waals surface area contributed by atoms with Crippen LogP contribution in [0.15, 0.2) is 0 Å². The molecule has 0 saturated carbocycles. The van der Waals surface area contributed by atoms with E-state index in [2.05, 4.69) is 22.0 Å². The monoisotopic (exact) mass is 292 g/mol. The minimum atomic E-state index is -0.263. The molecule has 1 unspecified atom stereocenters. The van der Waals surface area contributed by atoms with Gasteiger partial charge in [0.2, 0.25) is 0 Å². The number of nitrogens with zero attached hydrogens (tertiary/aromatic N) is 3. The van der Waals surface area contributed by atoms with Crippen molar-refractivity contribution in [3.8, 4) is 0 Å². The van der Waals surface area contributed by atoms with Crippen molar-refractivity contribution in [1.29, 1.82) is 0 Å². The number of aromatic nitrogens is 2. The SMILES string of the molecule is Cc1n[nH]c(C)c1CN1CCCC2(CC1)CN(C)C(=O)O2. The summed E-state index contributed by atoms with van der Waals surface area (Å²) < 4.78 is 5.65. The zero-order chi connectivity index (χ0) is 15.0. The summed E-state index contributed by atoms with van der Waals surface area (Å²) >= 11 is 0. The van der Waals surface area contributed by atoms with Crippen molar-refractivity contribution < 1.29 is 9.53 Å². The van der Waals surface area contributed by atoms with Crippen molar-refractivity contribution in [2.75, 3.05) is 26.7 Å². The highest BCUT2D eigenvalue weighted by molar-refractivity contribution is 5.70. The van der Waals surface area contributed by atoms with E-state index < -0.39 is 0 Å². The van der Waals surface area contributed by atoms with Crippen LogP contribution in [0.25, 0.3) is 0 Å². The molecule has 0 radical (unpaired) electrons. The van der Waals surface area contributed by atoms with Gasteiger partial charge >= 0.3 is 6.09 Å². The minimum Gasteiger partial charge on any atom is -0.441 e. The number of likely N-dealkylation sites (tertiary alicyclic amines) is 1. The molecule has 1 atom stereocenters. The van der Waals surface area contributed by atoms with Gasteiger partial charge in [0, 0.05) is 37.8 Å². The predicted molar refractivity (Wildman–Crippen MR) is 79.0 cm³/mol. The molecule has 21 heavy (non-hydrogen) atoms. The lowest BCUT2D eigenvalue weighted by Crippen LogP contribution is -2.35. The summed E-state index contributed by atoms with van der Waals surface area (Å²) in [6.45, 7) is 7.78. The summed E-state index contributed by atoms with van der Waals surface area (Å²) in [5.74, 6) is 0. The van der Waals surface area contributed by atoms with Crippen molar-refractivity contribution in [3.05, 3.63) is 17.0 Å². The molecule has 0 bridgehead atoms. The van der Waals surface area contributed by atoms with Gasteiger partial charge in [0.05, 0.1) is 12.2 Å². The van der Waals surface area contributed by atoms with E-state index >= 15 is 0 Å². The smallest absolute Gasteiger partial charge is 0.410 e. The number of hydrogen-bond acceptors (Lipinski definition) is 4. The number of ether oxygens (including phenoxy) is 1. The number of nitrogens with one attached hydrogen (secondary N) is 1. The van der Waals surface area contributed by atoms with Gasteiger partial charge in [0.25, 0.3) is 0 Å². The average Bonchev–Trinajstić information content (AvgIpc) is 2.81. The molecule has 3 rings (SSSR count). The lowest BCUT2D eigenvalue weighted by molar-refractivity contribution is 0.0443. The summed E-state index contributed by atoms with van der Waals surface area (Å²) in [5.41, 5.74) is 3.27. The number of rotatable bonds is 2. The molecule has 1 aromatic heterocycles. The van der Waals surface area contributed by atoms with Crippen molar-refractivity contribution in [2.24, 2.45) is 0 Å². The number of carbonyl (C=O) groups is 1. The molecule has 6 nitrogen and oxygen atoms in total. The van der Waals surface area contributed by atoms with Gasteiger partial charge in [-0.2, -0.15) is 5.10 Å². The zero-order valence-corrected chi connectivity index (χ0v) is 13.1. The number of amides is 1. The number of H-pyrrole nitrogens is 1. The van der Waals surface area contributed by atoms with Crippen molar-refractivity contribution >= 4 is 6.09 Å². The molecule has 1 aromatic rings. The third kappa shape index (κ3) is 2.77. The standard InChI is InChI=1S/C15H24N4O2/c1-11-13(12(2)17-16-11)9-19-7-4-5-15(6-8-19)10-18(3)14(20)21-15/h4-10H2,1-3H3,(H,16,17). The molecule has 116 valence electrons. The maximum Gasteiger partial charge on any atom is 0.410 e. The van der Waals surface area contributed by atoms with Gasteiger partial charge in [-0.05, 0) is 33.2 Å². The van der Waals surface area contributed by atoms with Crippen LogP contribution in [-0.2, 0) is 11.3 Å². The summed E-state index contributed by atoms with van der Waals surface area (Å²) in [6.07, 6.45) is 2.77. The third-order valence-corrected chi connectivity index (χ3v) is 4.79. The van der Waals surface area contributed by atoms with E-state index in [4.69, 9.17) is 4.74 Å². The molecule has 6 heteroatoms. The second-order valence-corrected chi connectivity index (χ2v) is 6.45. The van der Waals surface area contributed by atoms with Gasteiger partial charge < -0.3 is 9.64 Å². The van der Waals surface area contributed by atoms with E-state index in [1.54, 1.807) is 4.90 Å². The van der Waals surface area contributed by atoms with E-state index in [0.29, 0.717) is 0 Å². The Labute approximate surface area is 125 Å². The Kier molecular flexibility index (Phi) is 3.65. The fourth-order valence-corrected chi connectivity index (χ4v) is 3.46. The molecule has 3 heterocycles. The summed E-state index contributed by atoms with van der Waals surface area (Å²) in [6, 6.07) is 0. The van der Waals surface area contributed by atoms with Crippen LogP contribution in [0.4, 0.5) is 4.79 Å². The highest BCUT2D eigenvalue weighted by atomic mass is 16.6. The first kappa shape index (κ1) is 14.4. The number of hydrogen-bond donors (Lipinski definition) is 1. The van der Waals surface area contributed by atoms with Gasteiger partial charge in [-0.1, -0.05) is 0 Å².